The van der Waals surface area contributed by atoms with Gasteiger partial charge in [0.2, 0.25) is 0 Å². The Morgan fingerprint density at radius 2 is 2.25 bits per heavy atom. The van der Waals surface area contributed by atoms with E-state index in [1.165, 1.54) is 12.1 Å². The summed E-state index contributed by atoms with van der Waals surface area (Å²) in [6.07, 6.45) is 2.30. The summed E-state index contributed by atoms with van der Waals surface area (Å²) in [7, 11) is 1.73. The van der Waals surface area contributed by atoms with Crippen molar-refractivity contribution in [1.82, 2.24) is 4.90 Å². The molecular formula is C16H19FN2O. The van der Waals surface area contributed by atoms with Gasteiger partial charge in [-0.05, 0) is 43.9 Å². The molecule has 0 aliphatic heterocycles. The molecule has 1 aliphatic carbocycles. The van der Waals surface area contributed by atoms with E-state index >= 15 is 0 Å². The van der Waals surface area contributed by atoms with E-state index in [-0.39, 0.29) is 24.1 Å². The molecule has 4 heteroatoms. The molecule has 0 aromatic heterocycles. The van der Waals surface area contributed by atoms with Gasteiger partial charge in [0, 0.05) is 18.7 Å². The predicted molar refractivity (Wildman–Crippen MR) is 76.6 cm³/mol. The van der Waals surface area contributed by atoms with E-state index in [0.717, 1.165) is 12.8 Å². The van der Waals surface area contributed by atoms with E-state index < -0.39 is 5.82 Å². The molecule has 3 nitrogen and oxygen atoms in total. The fourth-order valence-electron chi connectivity index (χ4n) is 2.19. The lowest BCUT2D eigenvalue weighted by molar-refractivity contribution is 0.0722. The van der Waals surface area contributed by atoms with Crippen molar-refractivity contribution in [2.75, 3.05) is 13.6 Å². The number of carbonyl (C=O) groups is 1. The summed E-state index contributed by atoms with van der Waals surface area (Å²) in [6.45, 7) is 2.23. The van der Waals surface area contributed by atoms with Crippen LogP contribution in [0.25, 0.3) is 0 Å². The number of hydrogen-bond acceptors (Lipinski definition) is 2. The largest absolute Gasteiger partial charge is 0.339 e. The summed E-state index contributed by atoms with van der Waals surface area (Å²) in [5.74, 6) is 5.16. The minimum absolute atomic E-state index is 0.0956. The lowest BCUT2D eigenvalue weighted by Crippen LogP contribution is -2.36. The minimum atomic E-state index is -0.534. The van der Waals surface area contributed by atoms with Crippen molar-refractivity contribution in [1.29, 1.82) is 0 Å². The Morgan fingerprint density at radius 3 is 2.80 bits per heavy atom. The van der Waals surface area contributed by atoms with Gasteiger partial charge in [0.1, 0.15) is 5.82 Å². The van der Waals surface area contributed by atoms with Crippen LogP contribution in [0.4, 0.5) is 4.39 Å². The third kappa shape index (κ3) is 3.17. The Kier molecular flexibility index (Phi) is 4.41. The lowest BCUT2D eigenvalue weighted by Gasteiger charge is -2.25. The van der Waals surface area contributed by atoms with Crippen LogP contribution < -0.4 is 5.73 Å². The molecule has 2 N–H and O–H groups in total. The summed E-state index contributed by atoms with van der Waals surface area (Å²) < 4.78 is 14.0. The van der Waals surface area contributed by atoms with Crippen LogP contribution in [-0.2, 0) is 0 Å². The number of halogens is 1. The molecule has 0 radical (unpaired) electrons. The first kappa shape index (κ1) is 14.5. The van der Waals surface area contributed by atoms with Crippen molar-refractivity contribution in [2.45, 2.75) is 25.8 Å². The highest BCUT2D eigenvalue weighted by Gasteiger charge is 2.33. The molecule has 1 amide bonds. The van der Waals surface area contributed by atoms with Crippen molar-refractivity contribution in [3.05, 3.63) is 35.1 Å². The summed E-state index contributed by atoms with van der Waals surface area (Å²) in [5, 5.41) is 0. The first-order valence-electron chi connectivity index (χ1n) is 6.80. The van der Waals surface area contributed by atoms with Crippen molar-refractivity contribution in [3.63, 3.8) is 0 Å². The Morgan fingerprint density at radius 1 is 1.55 bits per heavy atom. The summed E-state index contributed by atoms with van der Waals surface area (Å²) >= 11 is 0. The molecule has 0 saturated heterocycles. The highest BCUT2D eigenvalue weighted by Crippen LogP contribution is 2.35. The Bertz CT molecular complexity index is 570. The second-order valence-electron chi connectivity index (χ2n) is 5.19. The maximum absolute atomic E-state index is 14.0. The lowest BCUT2D eigenvalue weighted by atomic mass is 10.1. The van der Waals surface area contributed by atoms with E-state index in [9.17, 15) is 9.18 Å². The van der Waals surface area contributed by atoms with Crippen LogP contribution in [0.1, 0.15) is 35.7 Å². The quantitative estimate of drug-likeness (QED) is 0.857. The van der Waals surface area contributed by atoms with Gasteiger partial charge in [-0.3, -0.25) is 4.79 Å². The standard InChI is InChI=1S/C16H19FN2O/c1-11(13-6-7-13)19(2)16(20)14-8-5-12(4-3-9-18)10-15(14)17/h5,8,10-11,13H,6-7,9,18H2,1-2H3. The topological polar surface area (TPSA) is 46.3 Å². The SMILES string of the molecule is CC(C1CC1)N(C)C(=O)c1ccc(C#CCN)cc1F. The van der Waals surface area contributed by atoms with Crippen molar-refractivity contribution in [3.8, 4) is 11.8 Å². The minimum Gasteiger partial charge on any atom is -0.339 e. The van der Waals surface area contributed by atoms with Gasteiger partial charge < -0.3 is 10.6 Å². The summed E-state index contributed by atoms with van der Waals surface area (Å²) in [6, 6.07) is 4.58. The number of benzene rings is 1. The van der Waals surface area contributed by atoms with Crippen LogP contribution in [0.15, 0.2) is 18.2 Å². The number of rotatable bonds is 3. The van der Waals surface area contributed by atoms with Gasteiger partial charge in [-0.15, -0.1) is 0 Å². The van der Waals surface area contributed by atoms with E-state index in [2.05, 4.69) is 11.8 Å². The molecule has 2 rings (SSSR count). The Hall–Kier alpha value is -1.86. The molecule has 0 heterocycles. The monoisotopic (exact) mass is 274 g/mol. The molecule has 1 aromatic carbocycles. The molecule has 106 valence electrons. The molecule has 20 heavy (non-hydrogen) atoms. The number of hydrogen-bond donors (Lipinski definition) is 1. The van der Waals surface area contributed by atoms with Gasteiger partial charge in [-0.2, -0.15) is 0 Å². The van der Waals surface area contributed by atoms with Gasteiger partial charge in [-0.1, -0.05) is 11.8 Å². The van der Waals surface area contributed by atoms with Crippen LogP contribution in [0, 0.1) is 23.6 Å². The van der Waals surface area contributed by atoms with Gasteiger partial charge in [-0.25, -0.2) is 4.39 Å². The fraction of sp³-hybridized carbons (Fsp3) is 0.438. The molecule has 1 aliphatic rings. The first-order valence-corrected chi connectivity index (χ1v) is 6.80. The average Bonchev–Trinajstić information content (AvgIpc) is 3.27. The van der Waals surface area contributed by atoms with Crippen LogP contribution in [0.5, 0.6) is 0 Å². The van der Waals surface area contributed by atoms with Crippen molar-refractivity contribution < 1.29 is 9.18 Å². The zero-order chi connectivity index (χ0) is 14.7. The molecule has 0 spiro atoms. The number of carbonyl (C=O) groups excluding carboxylic acids is 1. The molecule has 1 saturated carbocycles. The maximum atomic E-state index is 14.0. The highest BCUT2D eigenvalue weighted by atomic mass is 19.1. The van der Waals surface area contributed by atoms with Gasteiger partial charge in [0.05, 0.1) is 12.1 Å². The average molecular weight is 274 g/mol. The molecular weight excluding hydrogens is 255 g/mol. The zero-order valence-corrected chi connectivity index (χ0v) is 11.8. The van der Waals surface area contributed by atoms with Crippen molar-refractivity contribution in [2.24, 2.45) is 11.7 Å². The summed E-state index contributed by atoms with van der Waals surface area (Å²) in [4.78, 5) is 13.9. The predicted octanol–water partition coefficient (Wildman–Crippen LogP) is 2.01. The number of nitrogens with zero attached hydrogens (tertiary/aromatic N) is 1. The van der Waals surface area contributed by atoms with Crippen LogP contribution >= 0.6 is 0 Å². The first-order chi connectivity index (χ1) is 9.54. The van der Waals surface area contributed by atoms with E-state index in [1.807, 2.05) is 6.92 Å². The normalized spacial score (nSPS) is 15.2. The van der Waals surface area contributed by atoms with Gasteiger partial charge in [0.15, 0.2) is 0 Å². The molecule has 1 fully saturated rings. The van der Waals surface area contributed by atoms with Crippen molar-refractivity contribution >= 4 is 5.91 Å². The van der Waals surface area contributed by atoms with E-state index in [4.69, 9.17) is 5.73 Å². The van der Waals surface area contributed by atoms with Crippen LogP contribution in [0.2, 0.25) is 0 Å². The molecule has 1 aromatic rings. The molecule has 0 bridgehead atoms. The van der Waals surface area contributed by atoms with E-state index in [1.54, 1.807) is 18.0 Å². The Labute approximate surface area is 119 Å². The second kappa shape index (κ2) is 6.06. The summed E-state index contributed by atoms with van der Waals surface area (Å²) in [5.41, 5.74) is 5.90. The Balaban J connectivity index is 2.17. The van der Waals surface area contributed by atoms with Gasteiger partial charge in [0.25, 0.3) is 5.91 Å². The second-order valence-corrected chi connectivity index (χ2v) is 5.19. The third-order valence-electron chi connectivity index (χ3n) is 3.77. The van der Waals surface area contributed by atoms with Crippen LogP contribution in [0.3, 0.4) is 0 Å². The smallest absolute Gasteiger partial charge is 0.256 e. The third-order valence-corrected chi connectivity index (χ3v) is 3.77. The highest BCUT2D eigenvalue weighted by molar-refractivity contribution is 5.94. The number of amides is 1. The zero-order valence-electron chi connectivity index (χ0n) is 11.8. The van der Waals surface area contributed by atoms with E-state index in [0.29, 0.717) is 11.5 Å². The van der Waals surface area contributed by atoms with Crippen LogP contribution in [-0.4, -0.2) is 30.4 Å². The molecule has 1 atom stereocenters. The number of nitrogens with two attached hydrogens (primary N) is 1. The maximum Gasteiger partial charge on any atom is 0.256 e. The molecule has 1 unspecified atom stereocenters. The van der Waals surface area contributed by atoms with Gasteiger partial charge >= 0.3 is 0 Å². The fourth-order valence-corrected chi connectivity index (χ4v) is 2.19.